The second-order valence-electron chi connectivity index (χ2n) is 6.09. The third-order valence-electron chi connectivity index (χ3n) is 4.11. The molecule has 0 heterocycles. The number of nitrogens with one attached hydrogen (secondary N) is 2. The molecule has 1 aliphatic rings. The average molecular weight is 371 g/mol. The highest BCUT2D eigenvalue weighted by atomic mass is 32.2. The molecular weight excluding hydrogens is 350 g/mol. The van der Waals surface area contributed by atoms with Crippen molar-refractivity contribution in [1.29, 1.82) is 0 Å². The van der Waals surface area contributed by atoms with Gasteiger partial charge in [0.1, 0.15) is 6.04 Å². The van der Waals surface area contributed by atoms with Crippen molar-refractivity contribution in [3.05, 3.63) is 39.9 Å². The molecule has 0 saturated heterocycles. The van der Waals surface area contributed by atoms with Gasteiger partial charge in [0.05, 0.1) is 4.92 Å². The maximum absolute atomic E-state index is 12.2. The molecular formula is C15H21N3O6S. The van der Waals surface area contributed by atoms with Crippen molar-refractivity contribution in [2.24, 2.45) is 0 Å². The fourth-order valence-corrected chi connectivity index (χ4v) is 4.13. The maximum Gasteiger partial charge on any atom is 0.322 e. The number of nitro groups is 1. The standard InChI is InChI=1S/C15H21N3O6S/c19-15(20)14(10-11-6-8-13(9-7-11)18(21)22)17-25(23,24)16-12-4-2-1-3-5-12/h6-9,12,14,16-17H,1-5,10H2,(H,19,20)/t14-/m1/s1. The molecule has 25 heavy (non-hydrogen) atoms. The van der Waals surface area contributed by atoms with E-state index in [4.69, 9.17) is 0 Å². The van der Waals surface area contributed by atoms with Crippen molar-refractivity contribution in [3.8, 4) is 0 Å². The summed E-state index contributed by atoms with van der Waals surface area (Å²) in [5.41, 5.74) is 0.369. The highest BCUT2D eigenvalue weighted by molar-refractivity contribution is 7.87. The Morgan fingerprint density at radius 1 is 1.24 bits per heavy atom. The summed E-state index contributed by atoms with van der Waals surface area (Å²) >= 11 is 0. The summed E-state index contributed by atoms with van der Waals surface area (Å²) in [5, 5.41) is 19.9. The van der Waals surface area contributed by atoms with Gasteiger partial charge in [-0.3, -0.25) is 14.9 Å². The van der Waals surface area contributed by atoms with Gasteiger partial charge in [0.25, 0.3) is 15.9 Å². The van der Waals surface area contributed by atoms with E-state index in [-0.39, 0.29) is 18.2 Å². The van der Waals surface area contributed by atoms with E-state index < -0.39 is 27.1 Å². The largest absolute Gasteiger partial charge is 0.480 e. The number of hydrogen-bond donors (Lipinski definition) is 3. The fourth-order valence-electron chi connectivity index (χ4n) is 2.83. The number of carbonyl (C=O) groups is 1. The first-order valence-electron chi connectivity index (χ1n) is 8.02. The minimum atomic E-state index is -3.96. The van der Waals surface area contributed by atoms with Gasteiger partial charge in [0, 0.05) is 18.2 Å². The van der Waals surface area contributed by atoms with Gasteiger partial charge < -0.3 is 5.11 Å². The topological polar surface area (TPSA) is 139 Å². The summed E-state index contributed by atoms with van der Waals surface area (Å²) in [4.78, 5) is 21.5. The van der Waals surface area contributed by atoms with Crippen molar-refractivity contribution in [1.82, 2.24) is 9.44 Å². The molecule has 1 saturated carbocycles. The Kier molecular flexibility index (Phi) is 6.45. The van der Waals surface area contributed by atoms with Crippen molar-refractivity contribution in [3.63, 3.8) is 0 Å². The van der Waals surface area contributed by atoms with Crippen LogP contribution in [0.15, 0.2) is 24.3 Å². The van der Waals surface area contributed by atoms with Gasteiger partial charge in [0.15, 0.2) is 0 Å². The number of aliphatic carboxylic acids is 1. The first-order valence-corrected chi connectivity index (χ1v) is 9.51. The second-order valence-corrected chi connectivity index (χ2v) is 7.57. The summed E-state index contributed by atoms with van der Waals surface area (Å²) in [6.45, 7) is 0. The monoisotopic (exact) mass is 371 g/mol. The molecule has 0 spiro atoms. The third-order valence-corrected chi connectivity index (χ3v) is 5.35. The van der Waals surface area contributed by atoms with Crippen LogP contribution in [0.1, 0.15) is 37.7 Å². The minimum Gasteiger partial charge on any atom is -0.480 e. The fraction of sp³-hybridized carbons (Fsp3) is 0.533. The summed E-state index contributed by atoms with van der Waals surface area (Å²) < 4.78 is 29.0. The molecule has 0 bridgehead atoms. The van der Waals surface area contributed by atoms with Crippen molar-refractivity contribution >= 4 is 21.9 Å². The second kappa shape index (κ2) is 8.37. The lowest BCUT2D eigenvalue weighted by atomic mass is 9.96. The van der Waals surface area contributed by atoms with Gasteiger partial charge in [-0.1, -0.05) is 31.4 Å². The van der Waals surface area contributed by atoms with Gasteiger partial charge in [-0.25, -0.2) is 0 Å². The zero-order chi connectivity index (χ0) is 18.4. The van der Waals surface area contributed by atoms with Crippen molar-refractivity contribution in [2.75, 3.05) is 0 Å². The van der Waals surface area contributed by atoms with Gasteiger partial charge in [0.2, 0.25) is 0 Å². The molecule has 138 valence electrons. The highest BCUT2D eigenvalue weighted by Gasteiger charge is 2.27. The van der Waals surface area contributed by atoms with E-state index in [1.165, 1.54) is 24.3 Å². The first-order chi connectivity index (χ1) is 11.8. The lowest BCUT2D eigenvalue weighted by Gasteiger charge is -2.24. The zero-order valence-electron chi connectivity index (χ0n) is 13.6. The summed E-state index contributed by atoms with van der Waals surface area (Å²) in [5.74, 6) is -1.31. The smallest absolute Gasteiger partial charge is 0.322 e. The van der Waals surface area contributed by atoms with Gasteiger partial charge in [-0.15, -0.1) is 0 Å². The third kappa shape index (κ3) is 6.07. The molecule has 0 radical (unpaired) electrons. The molecule has 0 aromatic heterocycles. The molecule has 0 amide bonds. The van der Waals surface area contributed by atoms with Gasteiger partial charge >= 0.3 is 5.97 Å². The number of benzene rings is 1. The molecule has 0 aliphatic heterocycles. The lowest BCUT2D eigenvalue weighted by Crippen LogP contribution is -2.50. The van der Waals surface area contributed by atoms with Crippen LogP contribution in [0.2, 0.25) is 0 Å². The normalized spacial score (nSPS) is 17.1. The molecule has 1 aromatic rings. The Morgan fingerprint density at radius 2 is 1.84 bits per heavy atom. The number of hydrogen-bond acceptors (Lipinski definition) is 5. The van der Waals surface area contributed by atoms with Crippen LogP contribution in [0.25, 0.3) is 0 Å². The number of nitro benzene ring substituents is 1. The van der Waals surface area contributed by atoms with E-state index in [2.05, 4.69) is 9.44 Å². The Morgan fingerprint density at radius 3 is 2.36 bits per heavy atom. The molecule has 1 aliphatic carbocycles. The van der Waals surface area contributed by atoms with Crippen LogP contribution in [0.5, 0.6) is 0 Å². The molecule has 0 unspecified atom stereocenters. The van der Waals surface area contributed by atoms with E-state index in [0.29, 0.717) is 5.56 Å². The van der Waals surface area contributed by atoms with E-state index in [9.17, 15) is 28.4 Å². The Labute approximate surface area is 145 Å². The average Bonchev–Trinajstić information content (AvgIpc) is 2.55. The van der Waals surface area contributed by atoms with E-state index >= 15 is 0 Å². The quantitative estimate of drug-likeness (QED) is 0.466. The highest BCUT2D eigenvalue weighted by Crippen LogP contribution is 2.18. The van der Waals surface area contributed by atoms with Gasteiger partial charge in [-0.05, 0) is 24.8 Å². The van der Waals surface area contributed by atoms with Crippen LogP contribution >= 0.6 is 0 Å². The lowest BCUT2D eigenvalue weighted by molar-refractivity contribution is -0.384. The number of rotatable bonds is 8. The maximum atomic E-state index is 12.2. The molecule has 3 N–H and O–H groups in total. The van der Waals surface area contributed by atoms with Crippen LogP contribution in [0.3, 0.4) is 0 Å². The number of carboxylic acids is 1. The van der Waals surface area contributed by atoms with Gasteiger partial charge in [-0.2, -0.15) is 17.9 Å². The number of carboxylic acid groups (broad SMARTS) is 1. The van der Waals surface area contributed by atoms with Crippen LogP contribution in [-0.2, 0) is 21.4 Å². The van der Waals surface area contributed by atoms with E-state index in [1.807, 2.05) is 0 Å². The SMILES string of the molecule is O=C(O)[C@@H](Cc1ccc([N+](=O)[O-])cc1)NS(=O)(=O)NC1CCCCC1. The van der Waals surface area contributed by atoms with Crippen molar-refractivity contribution < 1.29 is 23.2 Å². The number of non-ortho nitro benzene ring substituents is 1. The molecule has 1 fully saturated rings. The first kappa shape index (κ1) is 19.3. The summed E-state index contributed by atoms with van der Waals surface area (Å²) in [6.07, 6.45) is 4.32. The van der Waals surface area contributed by atoms with Crippen LogP contribution in [0.4, 0.5) is 5.69 Å². The summed E-state index contributed by atoms with van der Waals surface area (Å²) in [6, 6.07) is 3.79. The van der Waals surface area contributed by atoms with E-state index in [1.54, 1.807) is 0 Å². The van der Waals surface area contributed by atoms with E-state index in [0.717, 1.165) is 32.1 Å². The molecule has 2 rings (SSSR count). The number of nitrogens with zero attached hydrogens (tertiary/aromatic N) is 1. The van der Waals surface area contributed by atoms with Crippen LogP contribution < -0.4 is 9.44 Å². The summed E-state index contributed by atoms with van der Waals surface area (Å²) in [7, 11) is -3.96. The Balaban J connectivity index is 2.01. The molecule has 1 atom stereocenters. The van der Waals surface area contributed by atoms with Crippen LogP contribution in [0, 0.1) is 10.1 Å². The zero-order valence-corrected chi connectivity index (χ0v) is 14.4. The predicted molar refractivity (Wildman–Crippen MR) is 90.3 cm³/mol. The van der Waals surface area contributed by atoms with Crippen molar-refractivity contribution in [2.45, 2.75) is 50.6 Å². The molecule has 1 aromatic carbocycles. The Bertz CT molecular complexity index is 713. The minimum absolute atomic E-state index is 0.112. The predicted octanol–water partition coefficient (Wildman–Crippen LogP) is 1.35. The molecule has 9 nitrogen and oxygen atoms in total. The molecule has 10 heteroatoms. The van der Waals surface area contributed by atoms with Crippen LogP contribution in [-0.4, -0.2) is 36.5 Å². The Hall–Kier alpha value is -2.04.